The highest BCUT2D eigenvalue weighted by Crippen LogP contribution is 2.17. The molecule has 0 spiro atoms. The van der Waals surface area contributed by atoms with Crippen molar-refractivity contribution in [3.63, 3.8) is 0 Å². The zero-order valence-electron chi connectivity index (χ0n) is 9.16. The number of halogens is 1. The van der Waals surface area contributed by atoms with Gasteiger partial charge < -0.3 is 5.32 Å². The van der Waals surface area contributed by atoms with Crippen LogP contribution in [0.2, 0.25) is 0 Å². The third-order valence-corrected chi connectivity index (χ3v) is 3.47. The Morgan fingerprint density at radius 2 is 2.12 bits per heavy atom. The van der Waals surface area contributed by atoms with Crippen molar-refractivity contribution in [2.75, 3.05) is 11.9 Å². The summed E-state index contributed by atoms with van der Waals surface area (Å²) < 4.78 is 13.2. The van der Waals surface area contributed by atoms with E-state index in [4.69, 9.17) is 0 Å². The number of benzene rings is 1. The van der Waals surface area contributed by atoms with E-state index in [-0.39, 0.29) is 5.82 Å². The van der Waals surface area contributed by atoms with E-state index in [1.54, 1.807) is 24.3 Å². The monoisotopic (exact) mass is 235 g/mol. The zero-order valence-corrected chi connectivity index (χ0v) is 9.98. The second-order valence-electron chi connectivity index (χ2n) is 3.67. The Bertz CT molecular complexity index is 451. The minimum atomic E-state index is -0.152. The molecule has 0 atom stereocenters. The van der Waals surface area contributed by atoms with Crippen LogP contribution in [0.1, 0.15) is 10.4 Å². The van der Waals surface area contributed by atoms with Gasteiger partial charge in [-0.3, -0.25) is 0 Å². The number of hydrogen-bond acceptors (Lipinski definition) is 2. The first kappa shape index (κ1) is 11.1. The minimum absolute atomic E-state index is 0.152. The van der Waals surface area contributed by atoms with Gasteiger partial charge in [0.05, 0.1) is 0 Å². The van der Waals surface area contributed by atoms with E-state index in [9.17, 15) is 4.39 Å². The van der Waals surface area contributed by atoms with Crippen LogP contribution >= 0.6 is 11.3 Å². The molecule has 0 aliphatic carbocycles. The molecule has 0 bridgehead atoms. The normalized spacial score (nSPS) is 10.4. The van der Waals surface area contributed by atoms with E-state index in [0.717, 1.165) is 18.7 Å². The SMILES string of the molecule is Cc1c(F)cccc1NCCc1cccs1. The second-order valence-corrected chi connectivity index (χ2v) is 4.70. The Morgan fingerprint density at radius 1 is 1.25 bits per heavy atom. The molecule has 3 heteroatoms. The van der Waals surface area contributed by atoms with E-state index >= 15 is 0 Å². The third kappa shape index (κ3) is 2.61. The number of anilines is 1. The largest absolute Gasteiger partial charge is 0.384 e. The maximum Gasteiger partial charge on any atom is 0.128 e. The number of rotatable bonds is 4. The molecule has 0 saturated heterocycles. The van der Waals surface area contributed by atoms with Crippen LogP contribution in [0.5, 0.6) is 0 Å². The van der Waals surface area contributed by atoms with Crippen LogP contribution in [0.15, 0.2) is 35.7 Å². The van der Waals surface area contributed by atoms with Gasteiger partial charge in [0, 0.05) is 22.7 Å². The van der Waals surface area contributed by atoms with Crippen LogP contribution in [0.4, 0.5) is 10.1 Å². The third-order valence-electron chi connectivity index (χ3n) is 2.53. The van der Waals surface area contributed by atoms with Crippen LogP contribution in [-0.4, -0.2) is 6.54 Å². The molecule has 1 nitrogen and oxygen atoms in total. The maximum atomic E-state index is 13.2. The smallest absolute Gasteiger partial charge is 0.128 e. The minimum Gasteiger partial charge on any atom is -0.384 e. The molecule has 84 valence electrons. The summed E-state index contributed by atoms with van der Waals surface area (Å²) >= 11 is 1.75. The average molecular weight is 235 g/mol. The van der Waals surface area contributed by atoms with E-state index in [2.05, 4.69) is 16.8 Å². The molecule has 0 amide bonds. The standard InChI is InChI=1S/C13H14FNS/c1-10-12(14)5-2-6-13(10)15-8-7-11-4-3-9-16-11/h2-6,9,15H,7-8H2,1H3. The molecule has 1 heterocycles. The van der Waals surface area contributed by atoms with Crippen molar-refractivity contribution in [1.29, 1.82) is 0 Å². The Hall–Kier alpha value is -1.35. The van der Waals surface area contributed by atoms with Gasteiger partial charge in [0.15, 0.2) is 0 Å². The molecule has 1 aromatic heterocycles. The van der Waals surface area contributed by atoms with Gasteiger partial charge in [0.25, 0.3) is 0 Å². The summed E-state index contributed by atoms with van der Waals surface area (Å²) in [5.41, 5.74) is 1.57. The highest BCUT2D eigenvalue weighted by atomic mass is 32.1. The van der Waals surface area contributed by atoms with Crippen LogP contribution in [-0.2, 0) is 6.42 Å². The van der Waals surface area contributed by atoms with Crippen molar-refractivity contribution in [2.24, 2.45) is 0 Å². The van der Waals surface area contributed by atoms with E-state index in [0.29, 0.717) is 5.56 Å². The van der Waals surface area contributed by atoms with Gasteiger partial charge in [-0.2, -0.15) is 0 Å². The lowest BCUT2D eigenvalue weighted by molar-refractivity contribution is 0.619. The van der Waals surface area contributed by atoms with Gasteiger partial charge in [-0.25, -0.2) is 4.39 Å². The van der Waals surface area contributed by atoms with E-state index in [1.807, 2.05) is 12.1 Å². The Morgan fingerprint density at radius 3 is 2.88 bits per heavy atom. The molecule has 0 fully saturated rings. The van der Waals surface area contributed by atoms with E-state index < -0.39 is 0 Å². The Kier molecular flexibility index (Phi) is 3.57. The van der Waals surface area contributed by atoms with Crippen molar-refractivity contribution in [3.8, 4) is 0 Å². The van der Waals surface area contributed by atoms with Crippen molar-refractivity contribution in [2.45, 2.75) is 13.3 Å². The zero-order chi connectivity index (χ0) is 11.4. The molecular formula is C13H14FNS. The number of nitrogens with one attached hydrogen (secondary N) is 1. The molecule has 0 unspecified atom stereocenters. The molecule has 1 N–H and O–H groups in total. The van der Waals surface area contributed by atoms with Crippen LogP contribution in [0.25, 0.3) is 0 Å². The molecule has 1 aromatic carbocycles. The molecule has 0 radical (unpaired) electrons. The summed E-state index contributed by atoms with van der Waals surface area (Å²) in [7, 11) is 0. The number of hydrogen-bond donors (Lipinski definition) is 1. The van der Waals surface area contributed by atoms with E-state index in [1.165, 1.54) is 10.9 Å². The van der Waals surface area contributed by atoms with Crippen molar-refractivity contribution in [3.05, 3.63) is 52.0 Å². The van der Waals surface area contributed by atoms with Gasteiger partial charge >= 0.3 is 0 Å². The summed E-state index contributed by atoms with van der Waals surface area (Å²) in [5.74, 6) is -0.152. The Labute approximate surface area is 98.9 Å². The summed E-state index contributed by atoms with van der Waals surface area (Å²) in [4.78, 5) is 1.35. The fourth-order valence-corrected chi connectivity index (χ4v) is 2.28. The lowest BCUT2D eigenvalue weighted by Crippen LogP contribution is -2.05. The topological polar surface area (TPSA) is 12.0 Å². The predicted octanol–water partition coefficient (Wildman–Crippen LogP) is 3.85. The van der Waals surface area contributed by atoms with Crippen molar-refractivity contribution in [1.82, 2.24) is 0 Å². The van der Waals surface area contributed by atoms with Crippen LogP contribution in [0.3, 0.4) is 0 Å². The lowest BCUT2D eigenvalue weighted by Gasteiger charge is -2.09. The van der Waals surface area contributed by atoms with Gasteiger partial charge in [-0.1, -0.05) is 12.1 Å². The molecule has 0 saturated carbocycles. The summed E-state index contributed by atoms with van der Waals surface area (Å²) in [6.07, 6.45) is 0.980. The van der Waals surface area contributed by atoms with Crippen molar-refractivity contribution < 1.29 is 4.39 Å². The average Bonchev–Trinajstić information content (AvgIpc) is 2.77. The predicted molar refractivity (Wildman–Crippen MR) is 67.6 cm³/mol. The number of thiophene rings is 1. The first-order chi connectivity index (χ1) is 7.77. The highest BCUT2D eigenvalue weighted by molar-refractivity contribution is 7.09. The van der Waals surface area contributed by atoms with Gasteiger partial charge in [0.1, 0.15) is 5.82 Å². The molecule has 2 rings (SSSR count). The van der Waals surface area contributed by atoms with Crippen LogP contribution < -0.4 is 5.32 Å². The highest BCUT2D eigenvalue weighted by Gasteiger charge is 2.02. The van der Waals surface area contributed by atoms with Crippen LogP contribution in [0, 0.1) is 12.7 Å². The first-order valence-electron chi connectivity index (χ1n) is 5.29. The lowest BCUT2D eigenvalue weighted by atomic mass is 10.2. The van der Waals surface area contributed by atoms with Gasteiger partial charge in [-0.05, 0) is 36.9 Å². The quantitative estimate of drug-likeness (QED) is 0.848. The van der Waals surface area contributed by atoms with Gasteiger partial charge in [0.2, 0.25) is 0 Å². The molecule has 0 aliphatic heterocycles. The molecule has 2 aromatic rings. The summed E-state index contributed by atoms with van der Waals surface area (Å²) in [6, 6.07) is 9.29. The van der Waals surface area contributed by atoms with Gasteiger partial charge in [-0.15, -0.1) is 11.3 Å². The fourth-order valence-electron chi connectivity index (χ4n) is 1.57. The first-order valence-corrected chi connectivity index (χ1v) is 6.16. The fraction of sp³-hybridized carbons (Fsp3) is 0.231. The second kappa shape index (κ2) is 5.12. The molecular weight excluding hydrogens is 221 g/mol. The van der Waals surface area contributed by atoms with Crippen molar-refractivity contribution >= 4 is 17.0 Å². The maximum absolute atomic E-state index is 13.2. The summed E-state index contributed by atoms with van der Waals surface area (Å²) in [5, 5.41) is 5.33. The summed E-state index contributed by atoms with van der Waals surface area (Å²) in [6.45, 7) is 2.63. The molecule has 0 aliphatic rings. The Balaban J connectivity index is 1.92. The molecule has 16 heavy (non-hydrogen) atoms.